The fourth-order valence-corrected chi connectivity index (χ4v) is 2.98. The molecule has 12 heteroatoms. The van der Waals surface area contributed by atoms with E-state index in [1.165, 1.54) is 9.80 Å². The smallest absolute Gasteiger partial charge is 1.00 e. The molecular formula is C16H27BF6N2NaO2. The number of carbonyl (C=O) groups is 1. The maximum Gasteiger partial charge on any atom is 1.00 e. The molecule has 2 saturated heterocycles. The van der Waals surface area contributed by atoms with Crippen molar-refractivity contribution >= 4 is 14.2 Å². The Morgan fingerprint density at radius 3 is 1.89 bits per heavy atom. The molecule has 2 heterocycles. The number of hydrogen-bond acceptors (Lipinski definition) is 4. The van der Waals surface area contributed by atoms with Crippen molar-refractivity contribution in [2.45, 2.75) is 57.0 Å². The van der Waals surface area contributed by atoms with Gasteiger partial charge >= 0.3 is 41.9 Å². The maximum absolute atomic E-state index is 12.0. The van der Waals surface area contributed by atoms with E-state index < -0.39 is 31.5 Å². The molecule has 2 aliphatic rings. The number of carbonyl (C=O) groups excluding carboxylic acids is 1. The molecule has 28 heavy (non-hydrogen) atoms. The normalized spacial score (nSPS) is 22.7. The van der Waals surface area contributed by atoms with Crippen molar-refractivity contribution in [1.82, 2.24) is 9.80 Å². The zero-order valence-electron chi connectivity index (χ0n) is 17.2. The molecule has 3 radical (unpaired) electrons. The van der Waals surface area contributed by atoms with Gasteiger partial charge in [0.1, 0.15) is 5.78 Å². The third-order valence-electron chi connectivity index (χ3n) is 4.23. The Bertz CT molecular complexity index is 447. The molecule has 1 N–H and O–H groups in total. The van der Waals surface area contributed by atoms with Gasteiger partial charge in [-0.15, -0.1) is 0 Å². The zero-order chi connectivity index (χ0) is 19.8. The van der Waals surface area contributed by atoms with Crippen molar-refractivity contribution < 1.29 is 67.2 Å². The van der Waals surface area contributed by atoms with E-state index in [1.54, 1.807) is 0 Å². The van der Waals surface area contributed by atoms with Crippen molar-refractivity contribution in [3.8, 4) is 0 Å². The second-order valence-corrected chi connectivity index (χ2v) is 6.76. The van der Waals surface area contributed by atoms with Gasteiger partial charge < -0.3 is 6.53 Å². The number of aliphatic hydroxyl groups is 1. The summed E-state index contributed by atoms with van der Waals surface area (Å²) >= 11 is 0. The van der Waals surface area contributed by atoms with Crippen LogP contribution in [0.1, 0.15) is 40.0 Å². The van der Waals surface area contributed by atoms with Crippen LogP contribution in [-0.2, 0) is 4.79 Å². The predicted octanol–water partition coefficient (Wildman–Crippen LogP) is -0.265. The van der Waals surface area contributed by atoms with E-state index in [2.05, 4.69) is 0 Å². The Hall–Kier alpha value is 0.195. The second kappa shape index (κ2) is 14.2. The van der Waals surface area contributed by atoms with E-state index in [0.717, 1.165) is 0 Å². The molecule has 2 fully saturated rings. The van der Waals surface area contributed by atoms with Gasteiger partial charge in [0.15, 0.2) is 0 Å². The number of rotatable bonds is 2. The first-order chi connectivity index (χ1) is 11.9. The Labute approximate surface area is 187 Å². The Morgan fingerprint density at radius 1 is 0.857 bits per heavy atom. The Kier molecular flexibility index (Phi) is 15.5. The monoisotopic (exact) mass is 427 g/mol. The van der Waals surface area contributed by atoms with Crippen molar-refractivity contribution in [3.63, 3.8) is 0 Å². The van der Waals surface area contributed by atoms with E-state index in [9.17, 15) is 36.2 Å². The standard InChI is InChI=1S/C8H14F3NO.C8H12F3NO.B.Na.H/c2*9-8(10,11)6-12-4-1-2-7(13)3-5-12;;;/h7,13H,1-6H2;1-6H2;;;/q;;;+1;-1. The van der Waals surface area contributed by atoms with Gasteiger partial charge in [0.05, 0.1) is 19.2 Å². The summed E-state index contributed by atoms with van der Waals surface area (Å²) in [7, 11) is 0. The van der Waals surface area contributed by atoms with E-state index in [1.807, 2.05) is 0 Å². The number of nitrogens with zero attached hydrogens (tertiary/aromatic N) is 2. The number of alkyl halides is 6. The number of ketones is 1. The van der Waals surface area contributed by atoms with Gasteiger partial charge in [-0.3, -0.25) is 14.6 Å². The molecule has 0 amide bonds. The number of likely N-dealkylation sites (tertiary alicyclic amines) is 2. The maximum atomic E-state index is 12.0. The first kappa shape index (κ1) is 30.4. The van der Waals surface area contributed by atoms with Crippen LogP contribution in [0.2, 0.25) is 0 Å². The number of hydrogen-bond donors (Lipinski definition) is 1. The van der Waals surface area contributed by atoms with Crippen LogP contribution >= 0.6 is 0 Å². The molecule has 0 aliphatic carbocycles. The van der Waals surface area contributed by atoms with Gasteiger partial charge in [-0.05, 0) is 38.8 Å². The summed E-state index contributed by atoms with van der Waals surface area (Å²) in [4.78, 5) is 13.5. The number of aliphatic hydroxyl groups excluding tert-OH is 1. The molecule has 0 saturated carbocycles. The summed E-state index contributed by atoms with van der Waals surface area (Å²) in [5.74, 6) is 0.0738. The topological polar surface area (TPSA) is 43.8 Å². The summed E-state index contributed by atoms with van der Waals surface area (Å²) in [6, 6.07) is 0. The molecule has 2 rings (SSSR count). The van der Waals surface area contributed by atoms with Crippen LogP contribution in [0.4, 0.5) is 26.3 Å². The fourth-order valence-electron chi connectivity index (χ4n) is 2.98. The van der Waals surface area contributed by atoms with Crippen LogP contribution in [0, 0.1) is 0 Å². The van der Waals surface area contributed by atoms with Crippen molar-refractivity contribution in [1.29, 1.82) is 0 Å². The summed E-state index contributed by atoms with van der Waals surface area (Å²) in [6.07, 6.45) is -5.72. The third kappa shape index (κ3) is 16.0. The first-order valence-corrected chi connectivity index (χ1v) is 8.72. The molecule has 0 aromatic rings. The van der Waals surface area contributed by atoms with E-state index in [-0.39, 0.29) is 58.1 Å². The number of halogens is 6. The minimum absolute atomic E-state index is 0. The average Bonchev–Trinajstić information content (AvgIpc) is 2.78. The van der Waals surface area contributed by atoms with E-state index in [0.29, 0.717) is 51.7 Å². The van der Waals surface area contributed by atoms with Crippen molar-refractivity contribution in [3.05, 3.63) is 0 Å². The van der Waals surface area contributed by atoms with Crippen LogP contribution in [0.5, 0.6) is 0 Å². The van der Waals surface area contributed by atoms with E-state index >= 15 is 0 Å². The molecule has 4 nitrogen and oxygen atoms in total. The van der Waals surface area contributed by atoms with Gasteiger partial charge in [-0.2, -0.15) is 26.3 Å². The quantitative estimate of drug-likeness (QED) is 0.487. The summed E-state index contributed by atoms with van der Waals surface area (Å²) in [5.41, 5.74) is 0. The molecule has 2 aliphatic heterocycles. The molecule has 0 bridgehead atoms. The third-order valence-corrected chi connectivity index (χ3v) is 4.23. The van der Waals surface area contributed by atoms with Gasteiger partial charge in [-0.1, -0.05) is 0 Å². The average molecular weight is 427 g/mol. The van der Waals surface area contributed by atoms with E-state index in [4.69, 9.17) is 0 Å². The Morgan fingerprint density at radius 2 is 1.36 bits per heavy atom. The van der Waals surface area contributed by atoms with Crippen molar-refractivity contribution in [2.75, 3.05) is 39.3 Å². The van der Waals surface area contributed by atoms with Gasteiger partial charge in [-0.25, -0.2) is 0 Å². The van der Waals surface area contributed by atoms with Gasteiger partial charge in [0.2, 0.25) is 0 Å². The number of Topliss-reactive ketones (excluding diaryl/α,β-unsaturated/α-hetero) is 1. The summed E-state index contributed by atoms with van der Waals surface area (Å²) in [6.45, 7) is -0.319. The molecule has 1 unspecified atom stereocenters. The minimum Gasteiger partial charge on any atom is -1.00 e. The molecule has 159 valence electrons. The van der Waals surface area contributed by atoms with Crippen LogP contribution in [-0.4, -0.2) is 86.8 Å². The molecule has 0 aromatic carbocycles. The molecular weight excluding hydrogens is 400 g/mol. The van der Waals surface area contributed by atoms with Gasteiger partial charge in [0, 0.05) is 34.3 Å². The van der Waals surface area contributed by atoms with Crippen LogP contribution in [0.15, 0.2) is 0 Å². The second-order valence-electron chi connectivity index (χ2n) is 6.76. The Balaban J connectivity index is -0.000000422. The molecule has 0 spiro atoms. The molecule has 1 atom stereocenters. The summed E-state index contributed by atoms with van der Waals surface area (Å²) in [5, 5.41) is 9.20. The predicted molar refractivity (Wildman–Crippen MR) is 90.6 cm³/mol. The fraction of sp³-hybridized carbons (Fsp3) is 0.938. The zero-order valence-corrected chi connectivity index (χ0v) is 18.2. The van der Waals surface area contributed by atoms with Crippen LogP contribution < -0.4 is 29.6 Å². The van der Waals surface area contributed by atoms with Gasteiger partial charge in [0.25, 0.3) is 0 Å². The minimum atomic E-state index is -4.15. The first-order valence-electron chi connectivity index (χ1n) is 8.72. The van der Waals surface area contributed by atoms with Crippen molar-refractivity contribution in [2.24, 2.45) is 0 Å². The van der Waals surface area contributed by atoms with Crippen LogP contribution in [0.25, 0.3) is 0 Å². The molecule has 0 aromatic heterocycles. The summed E-state index contributed by atoms with van der Waals surface area (Å²) < 4.78 is 71.7. The largest absolute Gasteiger partial charge is 1.00 e. The SMILES string of the molecule is O=C1CCCN(CC(F)(F)F)CC1.OC1CCCN(CC(F)(F)F)CC1.[B].[H-].[Na+]. The van der Waals surface area contributed by atoms with Crippen LogP contribution in [0.3, 0.4) is 0 Å².